The lowest BCUT2D eigenvalue weighted by atomic mass is 9.92. The molecule has 3 rings (SSSR count). The van der Waals surface area contributed by atoms with E-state index in [1.807, 2.05) is 48.7 Å². The minimum Gasteiger partial charge on any atom is -0.373 e. The van der Waals surface area contributed by atoms with Crippen molar-refractivity contribution in [2.24, 2.45) is 11.7 Å². The van der Waals surface area contributed by atoms with Crippen LogP contribution in [-0.2, 0) is 22.6 Å². The Hall–Kier alpha value is -2.88. The summed E-state index contributed by atoms with van der Waals surface area (Å²) < 4.78 is 0. The molecule has 1 aliphatic rings. The van der Waals surface area contributed by atoms with E-state index in [9.17, 15) is 9.59 Å². The van der Waals surface area contributed by atoms with Gasteiger partial charge in [0.15, 0.2) is 0 Å². The Morgan fingerprint density at radius 1 is 1.04 bits per heavy atom. The average Bonchev–Trinajstić information content (AvgIpc) is 2.64. The number of amides is 1. The van der Waals surface area contributed by atoms with Crippen molar-refractivity contribution in [3.63, 3.8) is 0 Å². The molecule has 128 valence electrons. The van der Waals surface area contributed by atoms with Crippen LogP contribution in [-0.4, -0.2) is 23.1 Å². The molecule has 1 atom stereocenters. The van der Waals surface area contributed by atoms with Crippen molar-refractivity contribution in [2.75, 3.05) is 6.54 Å². The van der Waals surface area contributed by atoms with Gasteiger partial charge >= 0.3 is 0 Å². The van der Waals surface area contributed by atoms with E-state index in [-0.39, 0.29) is 5.78 Å². The van der Waals surface area contributed by atoms with E-state index in [2.05, 4.69) is 23.1 Å². The van der Waals surface area contributed by atoms with Gasteiger partial charge in [0, 0.05) is 19.5 Å². The van der Waals surface area contributed by atoms with Crippen molar-refractivity contribution in [3.8, 4) is 0 Å². The number of benzene rings is 2. The summed E-state index contributed by atoms with van der Waals surface area (Å²) in [6, 6.07) is 17.7. The second kappa shape index (κ2) is 7.79. The van der Waals surface area contributed by atoms with Crippen LogP contribution >= 0.6 is 0 Å². The number of primary amides is 1. The number of ketones is 1. The van der Waals surface area contributed by atoms with E-state index in [1.165, 1.54) is 11.1 Å². The fraction of sp³-hybridized carbons (Fsp3) is 0.238. The van der Waals surface area contributed by atoms with Crippen molar-refractivity contribution in [3.05, 3.63) is 77.5 Å². The third kappa shape index (κ3) is 4.35. The molecule has 4 nitrogen and oxygen atoms in total. The zero-order valence-corrected chi connectivity index (χ0v) is 14.1. The summed E-state index contributed by atoms with van der Waals surface area (Å²) >= 11 is 0. The van der Waals surface area contributed by atoms with Crippen molar-refractivity contribution in [1.82, 2.24) is 4.90 Å². The first-order valence-corrected chi connectivity index (χ1v) is 8.49. The van der Waals surface area contributed by atoms with Crippen molar-refractivity contribution < 1.29 is 9.59 Å². The van der Waals surface area contributed by atoms with Crippen molar-refractivity contribution in [2.45, 2.75) is 19.4 Å². The van der Waals surface area contributed by atoms with Crippen LogP contribution < -0.4 is 5.73 Å². The standard InChI is InChI=1S/C21H22N2O2/c22-21(25)19(14-16-6-2-1-3-7-16)20(24)11-13-23-12-10-17-8-4-5-9-18(17)15-23/h1-10,12,19H,11,13-15H2,(H2,22,25). The summed E-state index contributed by atoms with van der Waals surface area (Å²) in [6.45, 7) is 1.36. The van der Waals surface area contributed by atoms with Crippen LogP contribution in [0.25, 0.3) is 6.08 Å². The first-order valence-electron chi connectivity index (χ1n) is 8.49. The average molecular weight is 334 g/mol. The van der Waals surface area contributed by atoms with E-state index in [0.29, 0.717) is 19.4 Å². The van der Waals surface area contributed by atoms with Gasteiger partial charge in [0.1, 0.15) is 11.7 Å². The van der Waals surface area contributed by atoms with Crippen LogP contribution in [0.1, 0.15) is 23.1 Å². The maximum Gasteiger partial charge on any atom is 0.228 e. The number of hydrogen-bond acceptors (Lipinski definition) is 3. The van der Waals surface area contributed by atoms with Crippen LogP contribution in [0.3, 0.4) is 0 Å². The second-order valence-electron chi connectivity index (χ2n) is 6.35. The van der Waals surface area contributed by atoms with Crippen molar-refractivity contribution >= 4 is 17.8 Å². The summed E-state index contributed by atoms with van der Waals surface area (Å²) in [4.78, 5) is 26.4. The van der Waals surface area contributed by atoms with Crippen molar-refractivity contribution in [1.29, 1.82) is 0 Å². The fourth-order valence-corrected chi connectivity index (χ4v) is 3.10. The van der Waals surface area contributed by atoms with Gasteiger partial charge in [-0.2, -0.15) is 0 Å². The summed E-state index contributed by atoms with van der Waals surface area (Å²) in [5.74, 6) is -1.40. The molecule has 0 saturated carbocycles. The lowest BCUT2D eigenvalue weighted by molar-refractivity contribution is -0.132. The number of rotatable bonds is 7. The van der Waals surface area contributed by atoms with Gasteiger partial charge in [-0.3, -0.25) is 9.59 Å². The summed E-state index contributed by atoms with van der Waals surface area (Å²) in [7, 11) is 0. The predicted molar refractivity (Wildman–Crippen MR) is 98.3 cm³/mol. The maximum atomic E-state index is 12.5. The van der Waals surface area contributed by atoms with Gasteiger partial charge in [-0.15, -0.1) is 0 Å². The Bertz CT molecular complexity index is 783. The molecule has 0 aromatic heterocycles. The van der Waals surface area contributed by atoms with E-state index >= 15 is 0 Å². The van der Waals surface area contributed by atoms with Gasteiger partial charge in [-0.25, -0.2) is 0 Å². The lowest BCUT2D eigenvalue weighted by Gasteiger charge is -2.25. The molecule has 4 heteroatoms. The zero-order valence-electron chi connectivity index (χ0n) is 14.1. The monoisotopic (exact) mass is 334 g/mol. The minimum absolute atomic E-state index is 0.0939. The molecule has 25 heavy (non-hydrogen) atoms. The number of carbonyl (C=O) groups excluding carboxylic acids is 2. The first-order chi connectivity index (χ1) is 12.1. The SMILES string of the molecule is NC(=O)C(Cc1ccccc1)C(=O)CCN1C=Cc2ccccc2C1. The Kier molecular flexibility index (Phi) is 5.29. The summed E-state index contributed by atoms with van der Waals surface area (Å²) in [6.07, 6.45) is 4.74. The van der Waals surface area contributed by atoms with Gasteiger partial charge in [0.25, 0.3) is 0 Å². The highest BCUT2D eigenvalue weighted by molar-refractivity contribution is 6.01. The molecule has 0 spiro atoms. The lowest BCUT2D eigenvalue weighted by Crippen LogP contribution is -2.34. The highest BCUT2D eigenvalue weighted by Crippen LogP contribution is 2.20. The smallest absolute Gasteiger partial charge is 0.228 e. The van der Waals surface area contributed by atoms with Crippen LogP contribution in [0.15, 0.2) is 60.8 Å². The molecule has 1 aliphatic heterocycles. The molecule has 0 fully saturated rings. The van der Waals surface area contributed by atoms with Gasteiger partial charge in [-0.1, -0.05) is 54.6 Å². The molecule has 0 aliphatic carbocycles. The number of carbonyl (C=O) groups is 2. The number of nitrogens with two attached hydrogens (primary N) is 1. The minimum atomic E-state index is -0.761. The van der Waals surface area contributed by atoms with E-state index < -0.39 is 11.8 Å². The number of nitrogens with zero attached hydrogens (tertiary/aromatic N) is 1. The van der Waals surface area contributed by atoms with Gasteiger partial charge in [0.05, 0.1) is 0 Å². The quantitative estimate of drug-likeness (QED) is 0.792. The highest BCUT2D eigenvalue weighted by Gasteiger charge is 2.24. The Balaban J connectivity index is 1.58. The fourth-order valence-electron chi connectivity index (χ4n) is 3.10. The number of hydrogen-bond donors (Lipinski definition) is 1. The molecule has 0 radical (unpaired) electrons. The Labute approximate surface area is 148 Å². The topological polar surface area (TPSA) is 63.4 Å². The van der Waals surface area contributed by atoms with Crippen LogP contribution in [0.4, 0.5) is 0 Å². The summed E-state index contributed by atoms with van der Waals surface area (Å²) in [5.41, 5.74) is 8.88. The summed E-state index contributed by atoms with van der Waals surface area (Å²) in [5, 5.41) is 0. The first kappa shape index (κ1) is 17.0. The zero-order chi connectivity index (χ0) is 17.6. The Morgan fingerprint density at radius 3 is 2.52 bits per heavy atom. The highest BCUT2D eigenvalue weighted by atomic mass is 16.2. The van der Waals surface area contributed by atoms with Gasteiger partial charge in [-0.05, 0) is 35.4 Å². The largest absolute Gasteiger partial charge is 0.373 e. The number of fused-ring (bicyclic) bond motifs is 1. The van der Waals surface area contributed by atoms with Gasteiger partial charge < -0.3 is 10.6 Å². The molecular weight excluding hydrogens is 312 g/mol. The third-order valence-corrected chi connectivity index (χ3v) is 4.55. The predicted octanol–water partition coefficient (Wildman–Crippen LogP) is 2.78. The molecule has 1 heterocycles. The Morgan fingerprint density at radius 2 is 1.76 bits per heavy atom. The van der Waals surface area contributed by atoms with E-state index in [4.69, 9.17) is 5.73 Å². The molecule has 2 N–H and O–H groups in total. The van der Waals surface area contributed by atoms with E-state index in [0.717, 1.165) is 12.1 Å². The maximum absolute atomic E-state index is 12.5. The van der Waals surface area contributed by atoms with E-state index in [1.54, 1.807) is 0 Å². The normalized spacial score (nSPS) is 14.0. The third-order valence-electron chi connectivity index (χ3n) is 4.55. The second-order valence-corrected chi connectivity index (χ2v) is 6.35. The molecule has 0 bridgehead atoms. The van der Waals surface area contributed by atoms with Crippen LogP contribution in [0, 0.1) is 5.92 Å². The number of Topliss-reactive ketones (excluding diaryl/α,β-unsaturated/α-hetero) is 1. The molecule has 2 aromatic carbocycles. The molecular formula is C21H22N2O2. The van der Waals surface area contributed by atoms with Gasteiger partial charge in [0.2, 0.25) is 5.91 Å². The van der Waals surface area contributed by atoms with Crippen LogP contribution in [0.5, 0.6) is 0 Å². The molecule has 1 unspecified atom stereocenters. The van der Waals surface area contributed by atoms with Crippen LogP contribution in [0.2, 0.25) is 0 Å². The molecule has 1 amide bonds. The molecule has 2 aromatic rings. The molecule has 0 saturated heterocycles.